The predicted molar refractivity (Wildman–Crippen MR) is 49.3 cm³/mol. The first-order valence-electron chi connectivity index (χ1n) is 4.38. The zero-order valence-electron chi connectivity index (χ0n) is 8.04. The summed E-state index contributed by atoms with van der Waals surface area (Å²) < 4.78 is 30.0. The number of aromatic nitrogens is 1. The van der Waals surface area contributed by atoms with Gasteiger partial charge in [0.05, 0.1) is 6.61 Å². The van der Waals surface area contributed by atoms with Gasteiger partial charge in [0.15, 0.2) is 0 Å². The lowest BCUT2D eigenvalue weighted by atomic mass is 10.3. The third kappa shape index (κ3) is 3.43. The Morgan fingerprint density at radius 3 is 2.93 bits per heavy atom. The summed E-state index contributed by atoms with van der Waals surface area (Å²) in [4.78, 5) is 0. The zero-order valence-corrected chi connectivity index (χ0v) is 8.04. The number of methoxy groups -OCH3 is 1. The molecule has 0 unspecified atom stereocenters. The second-order valence-electron chi connectivity index (χ2n) is 2.91. The Kier molecular flexibility index (Phi) is 4.55. The summed E-state index contributed by atoms with van der Waals surface area (Å²) in [6, 6.07) is 1.67. The van der Waals surface area contributed by atoms with Crippen LogP contribution in [0.5, 0.6) is 0 Å². The van der Waals surface area contributed by atoms with Crippen LogP contribution < -0.4 is 5.32 Å². The van der Waals surface area contributed by atoms with Crippen LogP contribution in [0.25, 0.3) is 0 Å². The van der Waals surface area contributed by atoms with Gasteiger partial charge in [0.1, 0.15) is 0 Å². The van der Waals surface area contributed by atoms with Crippen molar-refractivity contribution in [2.75, 3.05) is 20.3 Å². The van der Waals surface area contributed by atoms with Gasteiger partial charge in [0, 0.05) is 32.6 Å². The lowest BCUT2D eigenvalue weighted by Gasteiger charge is -2.01. The van der Waals surface area contributed by atoms with E-state index in [1.54, 1.807) is 13.2 Å². The van der Waals surface area contributed by atoms with E-state index in [4.69, 9.17) is 4.74 Å². The largest absolute Gasteiger partial charge is 0.383 e. The van der Waals surface area contributed by atoms with E-state index in [0.29, 0.717) is 13.2 Å². The van der Waals surface area contributed by atoms with Crippen molar-refractivity contribution in [3.63, 3.8) is 0 Å². The maximum atomic E-state index is 12.1. The molecule has 0 aliphatic carbocycles. The van der Waals surface area contributed by atoms with Crippen LogP contribution in [-0.4, -0.2) is 24.8 Å². The Morgan fingerprint density at radius 2 is 2.36 bits per heavy atom. The predicted octanol–water partition coefficient (Wildman–Crippen LogP) is 1.62. The highest BCUT2D eigenvalue weighted by atomic mass is 19.3. The van der Waals surface area contributed by atoms with Gasteiger partial charge in [0.2, 0.25) is 0 Å². The van der Waals surface area contributed by atoms with Crippen LogP contribution in [0, 0.1) is 0 Å². The number of nitrogens with one attached hydrogen (secondary N) is 1. The summed E-state index contributed by atoms with van der Waals surface area (Å²) in [5.74, 6) is 0. The number of hydrogen-bond donors (Lipinski definition) is 1. The highest BCUT2D eigenvalue weighted by Gasteiger charge is 2.04. The molecule has 80 valence electrons. The van der Waals surface area contributed by atoms with E-state index in [-0.39, 0.29) is 0 Å². The molecule has 0 aromatic carbocycles. The van der Waals surface area contributed by atoms with Crippen LogP contribution >= 0.6 is 0 Å². The van der Waals surface area contributed by atoms with Gasteiger partial charge in [-0.25, -0.2) is 0 Å². The molecule has 0 aliphatic rings. The normalized spacial score (nSPS) is 11.1. The second-order valence-corrected chi connectivity index (χ2v) is 2.91. The Bertz CT molecular complexity index is 263. The molecule has 0 spiro atoms. The highest BCUT2D eigenvalue weighted by Crippen LogP contribution is 2.11. The molecule has 0 saturated carbocycles. The second kappa shape index (κ2) is 5.72. The minimum atomic E-state index is -2.46. The standard InChI is InChI=1S/C9H14F2N2O/c1-14-5-3-12-6-8-2-4-13(7-8)9(10)11/h2,4,7,9,12H,3,5-6H2,1H3. The van der Waals surface area contributed by atoms with Crippen molar-refractivity contribution in [2.45, 2.75) is 13.1 Å². The van der Waals surface area contributed by atoms with Crippen molar-refractivity contribution < 1.29 is 13.5 Å². The fraction of sp³-hybridized carbons (Fsp3) is 0.556. The fourth-order valence-corrected chi connectivity index (χ4v) is 1.09. The summed E-state index contributed by atoms with van der Waals surface area (Å²) in [7, 11) is 1.62. The number of rotatable bonds is 6. The molecule has 3 nitrogen and oxygen atoms in total. The number of hydrogen-bond acceptors (Lipinski definition) is 2. The minimum Gasteiger partial charge on any atom is -0.383 e. The van der Waals surface area contributed by atoms with Crippen LogP contribution in [0.15, 0.2) is 18.5 Å². The van der Waals surface area contributed by atoms with Crippen LogP contribution in [0.4, 0.5) is 8.78 Å². The molecule has 0 saturated heterocycles. The maximum absolute atomic E-state index is 12.1. The summed E-state index contributed by atoms with van der Waals surface area (Å²) in [6.45, 7) is -0.530. The van der Waals surface area contributed by atoms with E-state index in [2.05, 4.69) is 5.32 Å². The molecule has 14 heavy (non-hydrogen) atoms. The number of ether oxygens (including phenoxy) is 1. The Labute approximate surface area is 81.7 Å². The first-order chi connectivity index (χ1) is 6.74. The Balaban J connectivity index is 2.29. The van der Waals surface area contributed by atoms with E-state index >= 15 is 0 Å². The van der Waals surface area contributed by atoms with Gasteiger partial charge < -0.3 is 10.1 Å². The Hall–Kier alpha value is -0.940. The highest BCUT2D eigenvalue weighted by molar-refractivity contribution is 5.09. The monoisotopic (exact) mass is 204 g/mol. The molecule has 0 fully saturated rings. The van der Waals surface area contributed by atoms with E-state index in [1.165, 1.54) is 12.4 Å². The average Bonchev–Trinajstić information content (AvgIpc) is 2.61. The average molecular weight is 204 g/mol. The molecule has 0 aliphatic heterocycles. The molecule has 1 aromatic rings. The van der Waals surface area contributed by atoms with Crippen molar-refractivity contribution in [3.8, 4) is 0 Å². The van der Waals surface area contributed by atoms with Crippen LogP contribution in [0.3, 0.4) is 0 Å². The topological polar surface area (TPSA) is 26.2 Å². The van der Waals surface area contributed by atoms with Crippen molar-refractivity contribution >= 4 is 0 Å². The van der Waals surface area contributed by atoms with Gasteiger partial charge in [-0.05, 0) is 11.6 Å². The molecule has 0 amide bonds. The summed E-state index contributed by atoms with van der Waals surface area (Å²) in [5.41, 5.74) is 0.849. The first-order valence-corrected chi connectivity index (χ1v) is 4.38. The smallest absolute Gasteiger partial charge is 0.318 e. The fourth-order valence-electron chi connectivity index (χ4n) is 1.09. The first kappa shape index (κ1) is 11.1. The van der Waals surface area contributed by atoms with Crippen molar-refractivity contribution in [1.82, 2.24) is 9.88 Å². The van der Waals surface area contributed by atoms with Crippen molar-refractivity contribution in [3.05, 3.63) is 24.0 Å². The Morgan fingerprint density at radius 1 is 1.57 bits per heavy atom. The van der Waals surface area contributed by atoms with E-state index < -0.39 is 6.55 Å². The minimum absolute atomic E-state index is 0.586. The molecule has 1 N–H and O–H groups in total. The third-order valence-electron chi connectivity index (χ3n) is 1.81. The van der Waals surface area contributed by atoms with Crippen molar-refractivity contribution in [2.24, 2.45) is 0 Å². The molecular formula is C9H14F2N2O. The third-order valence-corrected chi connectivity index (χ3v) is 1.81. The SMILES string of the molecule is COCCNCc1ccn(C(F)F)c1. The molecule has 1 rings (SSSR count). The van der Waals surface area contributed by atoms with Gasteiger partial charge in [-0.1, -0.05) is 0 Å². The zero-order chi connectivity index (χ0) is 10.4. The van der Waals surface area contributed by atoms with Gasteiger partial charge in [-0.2, -0.15) is 8.78 Å². The molecule has 5 heteroatoms. The molecule has 0 bridgehead atoms. The molecule has 1 heterocycles. The van der Waals surface area contributed by atoms with Crippen LogP contribution in [0.1, 0.15) is 12.1 Å². The maximum Gasteiger partial charge on any atom is 0.318 e. The molecular weight excluding hydrogens is 190 g/mol. The lowest BCUT2D eigenvalue weighted by molar-refractivity contribution is 0.0705. The molecule has 1 aromatic heterocycles. The quantitative estimate of drug-likeness (QED) is 0.712. The number of halogens is 2. The van der Waals surface area contributed by atoms with Crippen LogP contribution in [-0.2, 0) is 11.3 Å². The summed E-state index contributed by atoms with van der Waals surface area (Å²) in [5, 5.41) is 3.07. The van der Waals surface area contributed by atoms with Crippen LogP contribution in [0.2, 0.25) is 0 Å². The number of alkyl halides is 2. The van der Waals surface area contributed by atoms with Gasteiger partial charge in [-0.3, -0.25) is 4.57 Å². The van der Waals surface area contributed by atoms with Gasteiger partial charge in [0.25, 0.3) is 0 Å². The lowest BCUT2D eigenvalue weighted by Crippen LogP contribution is -2.18. The van der Waals surface area contributed by atoms with E-state index in [1.807, 2.05) is 0 Å². The molecule has 0 atom stereocenters. The van der Waals surface area contributed by atoms with E-state index in [0.717, 1.165) is 16.7 Å². The van der Waals surface area contributed by atoms with Crippen molar-refractivity contribution in [1.29, 1.82) is 0 Å². The van der Waals surface area contributed by atoms with Gasteiger partial charge in [-0.15, -0.1) is 0 Å². The molecule has 0 radical (unpaired) electrons. The summed E-state index contributed by atoms with van der Waals surface area (Å²) >= 11 is 0. The summed E-state index contributed by atoms with van der Waals surface area (Å²) in [6.07, 6.45) is 2.81. The number of nitrogens with zero attached hydrogens (tertiary/aromatic N) is 1. The van der Waals surface area contributed by atoms with E-state index in [9.17, 15) is 8.78 Å². The van der Waals surface area contributed by atoms with Gasteiger partial charge >= 0.3 is 6.55 Å².